The van der Waals surface area contributed by atoms with Crippen LogP contribution < -0.4 is 5.73 Å². The molecule has 0 aliphatic carbocycles. The second kappa shape index (κ2) is 3.55. The van der Waals surface area contributed by atoms with Gasteiger partial charge in [-0.25, -0.2) is 12.7 Å². The molecule has 4 nitrogen and oxygen atoms in total. The van der Waals surface area contributed by atoms with Crippen LogP contribution in [0, 0.1) is 5.41 Å². The maximum absolute atomic E-state index is 11.5. The van der Waals surface area contributed by atoms with Crippen LogP contribution in [0.1, 0.15) is 20.3 Å². The van der Waals surface area contributed by atoms with Crippen LogP contribution in [0.15, 0.2) is 0 Å². The molecule has 0 spiro atoms. The fraction of sp³-hybridized carbons (Fsp3) is 1.00. The summed E-state index contributed by atoms with van der Waals surface area (Å²) in [5.74, 6) is 0.188. The second-order valence-corrected chi connectivity index (χ2v) is 6.26. The maximum Gasteiger partial charge on any atom is 0.213 e. The third kappa shape index (κ3) is 2.21. The Balaban J connectivity index is 2.71. The summed E-state index contributed by atoms with van der Waals surface area (Å²) in [6, 6.07) is 0. The Kier molecular flexibility index (Phi) is 2.99. The fourth-order valence-corrected chi connectivity index (χ4v) is 2.81. The molecule has 13 heavy (non-hydrogen) atoms. The monoisotopic (exact) mass is 206 g/mol. The van der Waals surface area contributed by atoms with Crippen molar-refractivity contribution in [3.05, 3.63) is 0 Å². The lowest BCUT2D eigenvalue weighted by atomic mass is 9.90. The number of hydrogen-bond acceptors (Lipinski definition) is 3. The Labute approximate surface area is 80.1 Å². The number of nitrogens with zero attached hydrogens (tertiary/aromatic N) is 1. The van der Waals surface area contributed by atoms with Crippen LogP contribution in [-0.2, 0) is 10.0 Å². The normalized spacial score (nSPS) is 31.0. The van der Waals surface area contributed by atoms with E-state index in [0.717, 1.165) is 6.42 Å². The molecular formula is C8H18N2O2S. The molecule has 0 bridgehead atoms. The summed E-state index contributed by atoms with van der Waals surface area (Å²) in [6.07, 6.45) is 0.878. The lowest BCUT2D eigenvalue weighted by Gasteiger charge is -2.21. The predicted octanol–water partition coefficient (Wildman–Crippen LogP) is 0.00680. The first-order valence-corrected chi connectivity index (χ1v) is 6.22. The van der Waals surface area contributed by atoms with Crippen molar-refractivity contribution in [2.24, 2.45) is 11.1 Å². The molecule has 1 atom stereocenters. The molecule has 0 saturated carbocycles. The summed E-state index contributed by atoms with van der Waals surface area (Å²) >= 11 is 0. The van der Waals surface area contributed by atoms with Gasteiger partial charge in [-0.05, 0) is 25.3 Å². The van der Waals surface area contributed by atoms with E-state index in [2.05, 4.69) is 0 Å². The van der Waals surface area contributed by atoms with Crippen molar-refractivity contribution in [1.29, 1.82) is 0 Å². The van der Waals surface area contributed by atoms with Crippen LogP contribution in [0.4, 0.5) is 0 Å². The van der Waals surface area contributed by atoms with E-state index in [9.17, 15) is 8.42 Å². The van der Waals surface area contributed by atoms with Crippen molar-refractivity contribution in [3.63, 3.8) is 0 Å². The van der Waals surface area contributed by atoms with Crippen LogP contribution in [0.5, 0.6) is 0 Å². The molecule has 0 aromatic rings. The van der Waals surface area contributed by atoms with Crippen LogP contribution in [0.2, 0.25) is 0 Å². The zero-order chi connectivity index (χ0) is 10.1. The van der Waals surface area contributed by atoms with Gasteiger partial charge in [0.25, 0.3) is 0 Å². The van der Waals surface area contributed by atoms with Crippen molar-refractivity contribution in [2.75, 3.05) is 25.4 Å². The quantitative estimate of drug-likeness (QED) is 0.707. The Morgan fingerprint density at radius 3 is 2.54 bits per heavy atom. The second-order valence-electron chi connectivity index (χ2n) is 4.00. The van der Waals surface area contributed by atoms with Gasteiger partial charge in [0, 0.05) is 13.1 Å². The maximum atomic E-state index is 11.5. The molecule has 5 heteroatoms. The van der Waals surface area contributed by atoms with Crippen LogP contribution in [0.3, 0.4) is 0 Å². The van der Waals surface area contributed by atoms with E-state index in [1.165, 1.54) is 0 Å². The average Bonchev–Trinajstić information content (AvgIpc) is 2.50. The molecule has 0 aromatic carbocycles. The average molecular weight is 206 g/mol. The predicted molar refractivity (Wildman–Crippen MR) is 52.8 cm³/mol. The third-order valence-corrected chi connectivity index (χ3v) is 4.60. The molecule has 1 heterocycles. The molecule has 0 radical (unpaired) electrons. The minimum absolute atomic E-state index is 0.0117. The van der Waals surface area contributed by atoms with Gasteiger partial charge in [-0.2, -0.15) is 0 Å². The fourth-order valence-electron chi connectivity index (χ4n) is 1.57. The van der Waals surface area contributed by atoms with E-state index < -0.39 is 10.0 Å². The molecule has 1 saturated heterocycles. The number of rotatable bonds is 3. The lowest BCUT2D eigenvalue weighted by Crippen LogP contribution is -2.35. The van der Waals surface area contributed by atoms with E-state index in [1.807, 2.05) is 6.92 Å². The van der Waals surface area contributed by atoms with Gasteiger partial charge in [0.1, 0.15) is 0 Å². The van der Waals surface area contributed by atoms with E-state index in [1.54, 1.807) is 11.2 Å². The zero-order valence-electron chi connectivity index (χ0n) is 8.28. The van der Waals surface area contributed by atoms with Crippen LogP contribution in [-0.4, -0.2) is 38.1 Å². The topological polar surface area (TPSA) is 63.4 Å². The molecule has 0 amide bonds. The highest BCUT2D eigenvalue weighted by Crippen LogP contribution is 2.30. The Morgan fingerprint density at radius 1 is 1.54 bits per heavy atom. The van der Waals surface area contributed by atoms with Gasteiger partial charge in [0.2, 0.25) is 10.0 Å². The van der Waals surface area contributed by atoms with Gasteiger partial charge < -0.3 is 5.73 Å². The number of sulfonamides is 1. The van der Waals surface area contributed by atoms with Crippen molar-refractivity contribution >= 4 is 10.0 Å². The molecular weight excluding hydrogens is 188 g/mol. The van der Waals surface area contributed by atoms with Gasteiger partial charge in [0.15, 0.2) is 0 Å². The highest BCUT2D eigenvalue weighted by Gasteiger charge is 2.37. The third-order valence-electron chi connectivity index (χ3n) is 2.77. The molecule has 1 unspecified atom stereocenters. The minimum Gasteiger partial charge on any atom is -0.330 e. The van der Waals surface area contributed by atoms with E-state index in [0.29, 0.717) is 19.6 Å². The summed E-state index contributed by atoms with van der Waals surface area (Å²) in [7, 11) is -3.00. The van der Waals surface area contributed by atoms with Gasteiger partial charge in [-0.1, -0.05) is 6.92 Å². The number of hydrogen-bond donors (Lipinski definition) is 1. The summed E-state index contributed by atoms with van der Waals surface area (Å²) < 4.78 is 24.5. The SMILES string of the molecule is CCS(=O)(=O)N1CCC(C)(CN)C1. The first kappa shape index (κ1) is 10.9. The highest BCUT2D eigenvalue weighted by atomic mass is 32.2. The minimum atomic E-state index is -3.00. The molecule has 78 valence electrons. The first-order chi connectivity index (χ1) is 5.93. The van der Waals surface area contributed by atoms with Crippen molar-refractivity contribution in [1.82, 2.24) is 4.31 Å². The van der Waals surface area contributed by atoms with E-state index >= 15 is 0 Å². The van der Waals surface area contributed by atoms with E-state index in [-0.39, 0.29) is 11.2 Å². The standard InChI is InChI=1S/C8H18N2O2S/c1-3-13(11,12)10-5-4-8(2,6-9)7-10/h3-7,9H2,1-2H3. The van der Waals surface area contributed by atoms with Crippen molar-refractivity contribution in [3.8, 4) is 0 Å². The largest absolute Gasteiger partial charge is 0.330 e. The van der Waals surface area contributed by atoms with E-state index in [4.69, 9.17) is 5.73 Å². The highest BCUT2D eigenvalue weighted by molar-refractivity contribution is 7.89. The molecule has 1 aliphatic heterocycles. The van der Waals surface area contributed by atoms with Crippen molar-refractivity contribution in [2.45, 2.75) is 20.3 Å². The van der Waals surface area contributed by atoms with Crippen LogP contribution >= 0.6 is 0 Å². The van der Waals surface area contributed by atoms with Crippen LogP contribution in [0.25, 0.3) is 0 Å². The number of nitrogens with two attached hydrogens (primary N) is 1. The summed E-state index contributed by atoms with van der Waals surface area (Å²) in [5, 5.41) is 0. The first-order valence-electron chi connectivity index (χ1n) is 4.61. The Bertz CT molecular complexity index is 276. The molecule has 0 aromatic heterocycles. The lowest BCUT2D eigenvalue weighted by molar-refractivity contribution is 0.350. The smallest absolute Gasteiger partial charge is 0.213 e. The van der Waals surface area contributed by atoms with Gasteiger partial charge in [-0.3, -0.25) is 0 Å². The molecule has 1 fully saturated rings. The molecule has 1 rings (SSSR count). The van der Waals surface area contributed by atoms with Gasteiger partial charge >= 0.3 is 0 Å². The molecule has 2 N–H and O–H groups in total. The Morgan fingerprint density at radius 2 is 2.15 bits per heavy atom. The Hall–Kier alpha value is -0.130. The van der Waals surface area contributed by atoms with Gasteiger partial charge in [-0.15, -0.1) is 0 Å². The summed E-state index contributed by atoms with van der Waals surface area (Å²) in [6.45, 7) is 5.48. The summed E-state index contributed by atoms with van der Waals surface area (Å²) in [4.78, 5) is 0. The zero-order valence-corrected chi connectivity index (χ0v) is 9.10. The molecule has 1 aliphatic rings. The van der Waals surface area contributed by atoms with Gasteiger partial charge in [0.05, 0.1) is 5.75 Å². The van der Waals surface area contributed by atoms with Crippen molar-refractivity contribution < 1.29 is 8.42 Å². The summed E-state index contributed by atoms with van der Waals surface area (Å²) in [5.41, 5.74) is 5.58.